The molecule has 104 valence electrons. The van der Waals surface area contributed by atoms with E-state index >= 15 is 0 Å². The van der Waals surface area contributed by atoms with Crippen LogP contribution in [0.15, 0.2) is 30.3 Å². The number of rotatable bonds is 4. The second kappa shape index (κ2) is 5.55. The predicted molar refractivity (Wildman–Crippen MR) is 71.0 cm³/mol. The maximum absolute atomic E-state index is 12.4. The molecule has 2 rings (SSSR count). The van der Waals surface area contributed by atoms with E-state index in [0.29, 0.717) is 13.0 Å². The minimum absolute atomic E-state index is 0.101. The van der Waals surface area contributed by atoms with E-state index < -0.39 is 7.94 Å². The van der Waals surface area contributed by atoms with Gasteiger partial charge in [-0.05, 0) is 5.56 Å². The molecule has 1 N–H and O–H groups in total. The summed E-state index contributed by atoms with van der Waals surface area (Å²) in [5, 5.41) is 2.36. The van der Waals surface area contributed by atoms with Gasteiger partial charge in [0, 0.05) is 5.41 Å². The third kappa shape index (κ3) is 3.31. The Morgan fingerprint density at radius 3 is 2.79 bits per heavy atom. The van der Waals surface area contributed by atoms with Crippen LogP contribution < -0.4 is 10.2 Å². The Morgan fingerprint density at radius 2 is 2.16 bits per heavy atom. The summed E-state index contributed by atoms with van der Waals surface area (Å²) < 4.78 is 11.0. The second-order valence-corrected chi connectivity index (χ2v) is 7.26. The maximum atomic E-state index is 12.4. The third-order valence-electron chi connectivity index (χ3n) is 3.08. The van der Waals surface area contributed by atoms with E-state index in [1.54, 1.807) is 0 Å². The molecule has 19 heavy (non-hydrogen) atoms. The van der Waals surface area contributed by atoms with Crippen LogP contribution in [0.4, 0.5) is 0 Å². The molecule has 1 aliphatic rings. The fourth-order valence-corrected chi connectivity index (χ4v) is 3.83. The van der Waals surface area contributed by atoms with E-state index in [9.17, 15) is 9.69 Å². The standard InChI is InChI=1S/C13H18NO4P/c1-13(2)8-17-19(16,10-14-9-15)18-12(13)11-6-4-3-5-7-11/h3-7,9,12H,8,10H2,1-2H3,(H,14,15)/t12-,19?/m0/s1. The molecule has 0 bridgehead atoms. The SMILES string of the molecule is CC1(C)CO[P+]([O-])(CNC=O)O[C@H]1c1ccccc1. The second-order valence-electron chi connectivity index (χ2n) is 5.25. The highest BCUT2D eigenvalue weighted by Crippen LogP contribution is 2.62. The lowest BCUT2D eigenvalue weighted by atomic mass is 9.83. The lowest BCUT2D eigenvalue weighted by Crippen LogP contribution is -2.40. The smallest absolute Gasteiger partial charge is 0.258 e. The summed E-state index contributed by atoms with van der Waals surface area (Å²) in [6.45, 7) is 4.33. The van der Waals surface area contributed by atoms with Crippen LogP contribution in [-0.4, -0.2) is 19.3 Å². The van der Waals surface area contributed by atoms with Crippen LogP contribution >= 0.6 is 7.94 Å². The van der Waals surface area contributed by atoms with Gasteiger partial charge in [0.05, 0.1) is 0 Å². The van der Waals surface area contributed by atoms with Gasteiger partial charge in [-0.1, -0.05) is 44.2 Å². The van der Waals surface area contributed by atoms with E-state index in [4.69, 9.17) is 9.05 Å². The molecule has 0 spiro atoms. The van der Waals surface area contributed by atoms with Crippen molar-refractivity contribution in [3.8, 4) is 0 Å². The van der Waals surface area contributed by atoms with Crippen LogP contribution in [-0.2, 0) is 13.8 Å². The minimum atomic E-state index is -3.27. The predicted octanol–water partition coefficient (Wildman–Crippen LogP) is 1.63. The molecule has 2 atom stereocenters. The van der Waals surface area contributed by atoms with Crippen LogP contribution in [0.5, 0.6) is 0 Å². The van der Waals surface area contributed by atoms with Crippen molar-refractivity contribution in [2.45, 2.75) is 20.0 Å². The van der Waals surface area contributed by atoms with Crippen molar-refractivity contribution in [2.75, 3.05) is 12.9 Å². The first-order valence-electron chi connectivity index (χ1n) is 6.11. The van der Waals surface area contributed by atoms with Gasteiger partial charge in [-0.25, -0.2) is 9.05 Å². The fraction of sp³-hybridized carbons (Fsp3) is 0.462. The lowest BCUT2D eigenvalue weighted by molar-refractivity contribution is -0.244. The number of hydrogen-bond acceptors (Lipinski definition) is 4. The Morgan fingerprint density at radius 1 is 1.47 bits per heavy atom. The number of hydrogen-bond donors (Lipinski definition) is 1. The molecular weight excluding hydrogens is 265 g/mol. The van der Waals surface area contributed by atoms with Gasteiger partial charge in [-0.15, -0.1) is 0 Å². The van der Waals surface area contributed by atoms with Crippen LogP contribution in [0.2, 0.25) is 0 Å². The maximum Gasteiger partial charge on any atom is 0.258 e. The van der Waals surface area contributed by atoms with Gasteiger partial charge in [-0.2, -0.15) is 0 Å². The molecule has 6 heteroatoms. The largest absolute Gasteiger partial charge is 0.630 e. The summed E-state index contributed by atoms with van der Waals surface area (Å²) in [5.74, 6) is 0. The molecule has 1 fully saturated rings. The first kappa shape index (κ1) is 14.4. The molecule has 1 heterocycles. The zero-order valence-electron chi connectivity index (χ0n) is 11.0. The van der Waals surface area contributed by atoms with Crippen LogP contribution in [0.3, 0.4) is 0 Å². The number of amides is 1. The van der Waals surface area contributed by atoms with Gasteiger partial charge in [0.25, 0.3) is 7.94 Å². The Balaban J connectivity index is 2.21. The van der Waals surface area contributed by atoms with Crippen LogP contribution in [0.25, 0.3) is 0 Å². The molecule has 1 aliphatic heterocycles. The van der Waals surface area contributed by atoms with Gasteiger partial charge in [0.2, 0.25) is 6.41 Å². The monoisotopic (exact) mass is 283 g/mol. The zero-order chi connectivity index (χ0) is 13.9. The average molecular weight is 283 g/mol. The molecular formula is C13H18NO4P. The molecule has 0 saturated carbocycles. The summed E-state index contributed by atoms with van der Waals surface area (Å²) in [4.78, 5) is 22.7. The number of carbonyl (C=O) groups is 1. The zero-order valence-corrected chi connectivity index (χ0v) is 11.9. The first-order chi connectivity index (χ1) is 8.97. The van der Waals surface area contributed by atoms with Crippen molar-refractivity contribution < 1.29 is 18.7 Å². The molecule has 1 amide bonds. The molecule has 1 aromatic rings. The Bertz CT molecular complexity index is 440. The molecule has 5 nitrogen and oxygen atoms in total. The van der Waals surface area contributed by atoms with Crippen molar-refractivity contribution >= 4 is 14.4 Å². The van der Waals surface area contributed by atoms with Gasteiger partial charge in [0.1, 0.15) is 12.7 Å². The topological polar surface area (TPSA) is 70.6 Å². The van der Waals surface area contributed by atoms with Crippen molar-refractivity contribution in [1.29, 1.82) is 0 Å². The molecule has 0 radical (unpaired) electrons. The third-order valence-corrected chi connectivity index (χ3v) is 4.70. The molecule has 1 saturated heterocycles. The highest BCUT2D eigenvalue weighted by molar-refractivity contribution is 7.59. The minimum Gasteiger partial charge on any atom is -0.630 e. The van der Waals surface area contributed by atoms with Gasteiger partial charge < -0.3 is 10.2 Å². The molecule has 0 aromatic heterocycles. The van der Waals surface area contributed by atoms with Crippen molar-refractivity contribution in [3.05, 3.63) is 35.9 Å². The van der Waals surface area contributed by atoms with Gasteiger partial charge in [0.15, 0.2) is 6.29 Å². The van der Waals surface area contributed by atoms with E-state index in [0.717, 1.165) is 5.56 Å². The Kier molecular flexibility index (Phi) is 4.21. The summed E-state index contributed by atoms with van der Waals surface area (Å²) in [6, 6.07) is 9.63. The van der Waals surface area contributed by atoms with Gasteiger partial charge in [-0.3, -0.25) is 4.79 Å². The summed E-state index contributed by atoms with van der Waals surface area (Å²) in [5.41, 5.74) is 0.679. The van der Waals surface area contributed by atoms with Crippen molar-refractivity contribution in [3.63, 3.8) is 0 Å². The quantitative estimate of drug-likeness (QED) is 0.673. The molecule has 1 aromatic carbocycles. The summed E-state index contributed by atoms with van der Waals surface area (Å²) in [6.07, 6.45) is 0.0706. The average Bonchev–Trinajstić information content (AvgIpc) is 2.41. The van der Waals surface area contributed by atoms with Crippen molar-refractivity contribution in [2.24, 2.45) is 5.41 Å². The first-order valence-corrected chi connectivity index (χ1v) is 7.84. The van der Waals surface area contributed by atoms with Crippen LogP contribution in [0, 0.1) is 5.41 Å². The number of benzene rings is 1. The van der Waals surface area contributed by atoms with E-state index in [2.05, 4.69) is 5.32 Å². The summed E-state index contributed by atoms with van der Waals surface area (Å²) in [7, 11) is -3.27. The molecule has 1 unspecified atom stereocenters. The lowest BCUT2D eigenvalue weighted by Gasteiger charge is -2.43. The highest BCUT2D eigenvalue weighted by atomic mass is 31.2. The van der Waals surface area contributed by atoms with E-state index in [1.165, 1.54) is 0 Å². The normalized spacial score (nSPS) is 29.7. The number of nitrogens with one attached hydrogen (secondary N) is 1. The molecule has 0 aliphatic carbocycles. The van der Waals surface area contributed by atoms with Gasteiger partial charge >= 0.3 is 0 Å². The van der Waals surface area contributed by atoms with Crippen LogP contribution in [0.1, 0.15) is 25.5 Å². The van der Waals surface area contributed by atoms with E-state index in [-0.39, 0.29) is 17.8 Å². The van der Waals surface area contributed by atoms with E-state index in [1.807, 2.05) is 44.2 Å². The highest BCUT2D eigenvalue weighted by Gasteiger charge is 2.48. The fourth-order valence-electron chi connectivity index (χ4n) is 2.05. The van der Waals surface area contributed by atoms with Crippen molar-refractivity contribution in [1.82, 2.24) is 5.32 Å². The number of carbonyl (C=O) groups excluding carboxylic acids is 1. The Hall–Kier alpha value is -1.00. The Labute approximate surface area is 113 Å². The summed E-state index contributed by atoms with van der Waals surface area (Å²) >= 11 is 0.